The number of hydrogen-bond acceptors (Lipinski definition) is 2. The van der Waals surface area contributed by atoms with Gasteiger partial charge in [-0.2, -0.15) is 0 Å². The average Bonchev–Trinajstić information content (AvgIpc) is 2.62. The van der Waals surface area contributed by atoms with Gasteiger partial charge in [0.25, 0.3) is 5.91 Å². The lowest BCUT2D eigenvalue weighted by atomic mass is 10.0. The predicted molar refractivity (Wildman–Crippen MR) is 88.9 cm³/mol. The van der Waals surface area contributed by atoms with Crippen molar-refractivity contribution in [3.8, 4) is 0 Å². The molecule has 0 saturated carbocycles. The van der Waals surface area contributed by atoms with Gasteiger partial charge in [0.1, 0.15) is 5.82 Å². The van der Waals surface area contributed by atoms with Gasteiger partial charge in [-0.3, -0.25) is 9.59 Å². The van der Waals surface area contributed by atoms with Gasteiger partial charge in [0.05, 0.1) is 6.04 Å². The summed E-state index contributed by atoms with van der Waals surface area (Å²) in [4.78, 5) is 28.1. The van der Waals surface area contributed by atoms with E-state index >= 15 is 0 Å². The molecule has 1 saturated heterocycles. The Morgan fingerprint density at radius 2 is 1.67 bits per heavy atom. The highest BCUT2D eigenvalue weighted by Crippen LogP contribution is 2.27. The normalized spacial score (nSPS) is 17.7. The van der Waals surface area contributed by atoms with E-state index in [2.05, 4.69) is 0 Å². The van der Waals surface area contributed by atoms with Crippen molar-refractivity contribution in [2.45, 2.75) is 13.0 Å². The standard InChI is InChI=1S/C19H19FN2O2/c1-14(23)21-11-12-22(18(13-21)15-5-3-2-4-6-15)19(24)16-7-9-17(20)10-8-16/h2-10,18H,11-13H2,1H3. The number of hydrogen-bond donors (Lipinski definition) is 0. The molecule has 2 aromatic carbocycles. The Morgan fingerprint density at radius 1 is 1.00 bits per heavy atom. The lowest BCUT2D eigenvalue weighted by Crippen LogP contribution is -2.51. The molecule has 1 aliphatic heterocycles. The van der Waals surface area contributed by atoms with Crippen molar-refractivity contribution in [2.75, 3.05) is 19.6 Å². The van der Waals surface area contributed by atoms with E-state index in [1.807, 2.05) is 30.3 Å². The van der Waals surface area contributed by atoms with E-state index in [0.717, 1.165) is 5.56 Å². The molecule has 0 bridgehead atoms. The van der Waals surface area contributed by atoms with Gasteiger partial charge in [-0.25, -0.2) is 4.39 Å². The lowest BCUT2D eigenvalue weighted by molar-refractivity contribution is -0.131. The van der Waals surface area contributed by atoms with Crippen LogP contribution in [0.4, 0.5) is 4.39 Å². The van der Waals surface area contributed by atoms with Crippen LogP contribution in [0.1, 0.15) is 28.9 Å². The summed E-state index contributed by atoms with van der Waals surface area (Å²) in [6.07, 6.45) is 0. The summed E-state index contributed by atoms with van der Waals surface area (Å²) in [7, 11) is 0. The summed E-state index contributed by atoms with van der Waals surface area (Å²) in [5.41, 5.74) is 1.44. The first-order chi connectivity index (χ1) is 11.6. The molecule has 1 fully saturated rings. The Balaban J connectivity index is 1.90. The molecule has 3 rings (SSSR count). The van der Waals surface area contributed by atoms with Crippen LogP contribution in [0, 0.1) is 5.82 Å². The first-order valence-electron chi connectivity index (χ1n) is 7.93. The van der Waals surface area contributed by atoms with Crippen LogP contribution in [0.2, 0.25) is 0 Å². The molecular weight excluding hydrogens is 307 g/mol. The number of halogens is 1. The molecular formula is C19H19FN2O2. The SMILES string of the molecule is CC(=O)N1CCN(C(=O)c2ccc(F)cc2)C(c2ccccc2)C1. The zero-order valence-electron chi connectivity index (χ0n) is 13.5. The molecule has 124 valence electrons. The second kappa shape index (κ2) is 6.83. The van der Waals surface area contributed by atoms with E-state index in [0.29, 0.717) is 25.2 Å². The van der Waals surface area contributed by atoms with E-state index in [1.165, 1.54) is 24.3 Å². The third kappa shape index (κ3) is 3.30. The maximum atomic E-state index is 13.1. The molecule has 2 amide bonds. The van der Waals surface area contributed by atoms with Crippen molar-refractivity contribution >= 4 is 11.8 Å². The first kappa shape index (κ1) is 16.2. The fourth-order valence-electron chi connectivity index (χ4n) is 3.03. The van der Waals surface area contributed by atoms with E-state index in [9.17, 15) is 14.0 Å². The highest BCUT2D eigenvalue weighted by molar-refractivity contribution is 5.94. The Hall–Kier alpha value is -2.69. The number of piperazine rings is 1. The second-order valence-corrected chi connectivity index (χ2v) is 5.90. The molecule has 0 aliphatic carbocycles. The second-order valence-electron chi connectivity index (χ2n) is 5.90. The fourth-order valence-corrected chi connectivity index (χ4v) is 3.03. The van der Waals surface area contributed by atoms with Crippen LogP contribution in [-0.4, -0.2) is 41.2 Å². The number of carbonyl (C=O) groups excluding carboxylic acids is 2. The van der Waals surface area contributed by atoms with Gasteiger partial charge in [-0.05, 0) is 29.8 Å². The molecule has 0 N–H and O–H groups in total. The average molecular weight is 326 g/mol. The molecule has 24 heavy (non-hydrogen) atoms. The molecule has 5 heteroatoms. The van der Waals surface area contributed by atoms with Gasteiger partial charge < -0.3 is 9.80 Å². The van der Waals surface area contributed by atoms with Crippen molar-refractivity contribution in [3.63, 3.8) is 0 Å². The smallest absolute Gasteiger partial charge is 0.254 e. The van der Waals surface area contributed by atoms with Crippen LogP contribution in [0.3, 0.4) is 0 Å². The van der Waals surface area contributed by atoms with E-state index < -0.39 is 0 Å². The van der Waals surface area contributed by atoms with Crippen LogP contribution >= 0.6 is 0 Å². The van der Waals surface area contributed by atoms with Gasteiger partial charge in [0, 0.05) is 32.1 Å². The van der Waals surface area contributed by atoms with Crippen molar-refractivity contribution in [3.05, 3.63) is 71.5 Å². The predicted octanol–water partition coefficient (Wildman–Crippen LogP) is 2.87. The zero-order chi connectivity index (χ0) is 17.1. The molecule has 1 unspecified atom stereocenters. The Morgan fingerprint density at radius 3 is 2.29 bits per heavy atom. The topological polar surface area (TPSA) is 40.6 Å². The number of nitrogens with zero attached hydrogens (tertiary/aromatic N) is 2. The maximum absolute atomic E-state index is 13.1. The third-order valence-corrected chi connectivity index (χ3v) is 4.36. The summed E-state index contributed by atoms with van der Waals surface area (Å²) >= 11 is 0. The van der Waals surface area contributed by atoms with E-state index in [4.69, 9.17) is 0 Å². The minimum absolute atomic E-state index is 0.00446. The zero-order valence-corrected chi connectivity index (χ0v) is 13.5. The molecule has 0 spiro atoms. The van der Waals surface area contributed by atoms with Crippen molar-refractivity contribution in [2.24, 2.45) is 0 Å². The molecule has 4 nitrogen and oxygen atoms in total. The molecule has 1 atom stereocenters. The van der Waals surface area contributed by atoms with Crippen LogP contribution in [0.5, 0.6) is 0 Å². The van der Waals surface area contributed by atoms with Crippen molar-refractivity contribution in [1.82, 2.24) is 9.80 Å². The minimum atomic E-state index is -0.368. The molecule has 0 radical (unpaired) electrons. The Bertz CT molecular complexity index is 731. The molecule has 0 aromatic heterocycles. The summed E-state index contributed by atoms with van der Waals surface area (Å²) < 4.78 is 13.1. The Labute approximate surface area is 140 Å². The van der Waals surface area contributed by atoms with Crippen molar-refractivity contribution in [1.29, 1.82) is 0 Å². The molecule has 2 aromatic rings. The van der Waals surface area contributed by atoms with Gasteiger partial charge >= 0.3 is 0 Å². The molecule has 1 aliphatic rings. The van der Waals surface area contributed by atoms with E-state index in [-0.39, 0.29) is 23.7 Å². The monoisotopic (exact) mass is 326 g/mol. The Kier molecular flexibility index (Phi) is 4.60. The first-order valence-corrected chi connectivity index (χ1v) is 7.93. The van der Waals surface area contributed by atoms with Crippen molar-refractivity contribution < 1.29 is 14.0 Å². The summed E-state index contributed by atoms with van der Waals surface area (Å²) in [6.45, 7) is 2.97. The largest absolute Gasteiger partial charge is 0.339 e. The minimum Gasteiger partial charge on any atom is -0.339 e. The van der Waals surface area contributed by atoms with Gasteiger partial charge in [-0.1, -0.05) is 30.3 Å². The lowest BCUT2D eigenvalue weighted by Gasteiger charge is -2.41. The van der Waals surface area contributed by atoms with Crippen LogP contribution in [0.25, 0.3) is 0 Å². The summed E-state index contributed by atoms with van der Waals surface area (Å²) in [5, 5.41) is 0. The number of amides is 2. The van der Waals surface area contributed by atoms with Crippen LogP contribution < -0.4 is 0 Å². The molecule has 1 heterocycles. The van der Waals surface area contributed by atoms with Gasteiger partial charge in [0.2, 0.25) is 5.91 Å². The van der Waals surface area contributed by atoms with Crippen LogP contribution in [0.15, 0.2) is 54.6 Å². The number of rotatable bonds is 2. The number of carbonyl (C=O) groups is 2. The summed E-state index contributed by atoms with van der Waals surface area (Å²) in [6, 6.07) is 15.0. The fraction of sp³-hybridized carbons (Fsp3) is 0.263. The quantitative estimate of drug-likeness (QED) is 0.851. The van der Waals surface area contributed by atoms with Gasteiger partial charge in [-0.15, -0.1) is 0 Å². The van der Waals surface area contributed by atoms with Gasteiger partial charge in [0.15, 0.2) is 0 Å². The van der Waals surface area contributed by atoms with E-state index in [1.54, 1.807) is 16.7 Å². The highest BCUT2D eigenvalue weighted by Gasteiger charge is 2.32. The highest BCUT2D eigenvalue weighted by atomic mass is 19.1. The summed E-state index contributed by atoms with van der Waals surface area (Å²) in [5.74, 6) is -0.510. The van der Waals surface area contributed by atoms with Crippen LogP contribution in [-0.2, 0) is 4.79 Å². The number of benzene rings is 2. The maximum Gasteiger partial charge on any atom is 0.254 e. The third-order valence-electron chi connectivity index (χ3n) is 4.36.